The van der Waals surface area contributed by atoms with Gasteiger partial charge >= 0.3 is 0 Å². The van der Waals surface area contributed by atoms with Gasteiger partial charge in [-0.3, -0.25) is 4.90 Å². The van der Waals surface area contributed by atoms with Gasteiger partial charge in [0.25, 0.3) is 0 Å². The summed E-state index contributed by atoms with van der Waals surface area (Å²) < 4.78 is 0. The van der Waals surface area contributed by atoms with Gasteiger partial charge in [-0.05, 0) is 24.8 Å². The Bertz CT molecular complexity index is 548. The summed E-state index contributed by atoms with van der Waals surface area (Å²) in [5.41, 5.74) is 10.5. The Morgan fingerprint density at radius 2 is 2.00 bits per heavy atom. The second-order valence-electron chi connectivity index (χ2n) is 5.74. The van der Waals surface area contributed by atoms with Gasteiger partial charge in [-0.25, -0.2) is 4.98 Å². The Kier molecular flexibility index (Phi) is 5.01. The molecule has 0 spiro atoms. The third-order valence-electron chi connectivity index (χ3n) is 4.01. The van der Waals surface area contributed by atoms with Crippen LogP contribution in [0.3, 0.4) is 0 Å². The van der Waals surface area contributed by atoms with Gasteiger partial charge in [-0.15, -0.1) is 11.3 Å². The molecule has 112 valence electrons. The van der Waals surface area contributed by atoms with Crippen LogP contribution in [-0.4, -0.2) is 29.5 Å². The second kappa shape index (κ2) is 7.16. The van der Waals surface area contributed by atoms with Crippen LogP contribution in [0.15, 0.2) is 35.8 Å². The van der Waals surface area contributed by atoms with Crippen molar-refractivity contribution in [3.05, 3.63) is 52.0 Å². The molecule has 0 atom stereocenters. The fourth-order valence-corrected chi connectivity index (χ4v) is 3.57. The smallest absolute Gasteiger partial charge is 0.0798 e. The monoisotopic (exact) mass is 301 g/mol. The molecule has 0 radical (unpaired) electrons. The first-order chi connectivity index (χ1) is 10.4. The zero-order valence-corrected chi connectivity index (χ0v) is 13.2. The predicted octanol–water partition coefficient (Wildman–Crippen LogP) is 3.02. The third kappa shape index (κ3) is 4.13. The summed E-state index contributed by atoms with van der Waals surface area (Å²) in [5, 5.41) is 0. The van der Waals surface area contributed by atoms with E-state index in [2.05, 4.69) is 40.2 Å². The Balaban J connectivity index is 1.60. The first-order valence-corrected chi connectivity index (χ1v) is 8.63. The molecule has 3 rings (SSSR count). The van der Waals surface area contributed by atoms with E-state index >= 15 is 0 Å². The summed E-state index contributed by atoms with van der Waals surface area (Å²) >= 11 is 1.80. The number of nitrogens with zero attached hydrogens (tertiary/aromatic N) is 2. The second-order valence-corrected chi connectivity index (χ2v) is 6.67. The molecular formula is C17H23N3S. The van der Waals surface area contributed by atoms with Gasteiger partial charge in [-0.1, -0.05) is 30.3 Å². The molecule has 1 fully saturated rings. The molecule has 0 unspecified atom stereocenters. The van der Waals surface area contributed by atoms with Crippen molar-refractivity contribution in [3.8, 4) is 0 Å². The lowest BCUT2D eigenvalue weighted by Crippen LogP contribution is -2.31. The molecule has 4 heteroatoms. The number of benzene rings is 1. The van der Waals surface area contributed by atoms with Gasteiger partial charge in [0.1, 0.15) is 0 Å². The van der Waals surface area contributed by atoms with E-state index in [0.717, 1.165) is 32.0 Å². The van der Waals surface area contributed by atoms with Crippen molar-refractivity contribution in [2.45, 2.75) is 31.7 Å². The van der Waals surface area contributed by atoms with Crippen LogP contribution in [0.1, 0.15) is 34.9 Å². The van der Waals surface area contributed by atoms with Crippen molar-refractivity contribution < 1.29 is 0 Å². The molecule has 3 nitrogen and oxygen atoms in total. The lowest BCUT2D eigenvalue weighted by Gasteiger charge is -2.21. The number of thiazole rings is 1. The van der Waals surface area contributed by atoms with E-state index in [0.29, 0.717) is 6.54 Å². The van der Waals surface area contributed by atoms with Crippen LogP contribution in [0.25, 0.3) is 0 Å². The molecule has 1 aromatic heterocycles. The van der Waals surface area contributed by atoms with Gasteiger partial charge < -0.3 is 5.73 Å². The molecule has 0 saturated heterocycles. The average Bonchev–Trinajstić information content (AvgIpc) is 3.26. The van der Waals surface area contributed by atoms with Gasteiger partial charge in [0, 0.05) is 37.0 Å². The van der Waals surface area contributed by atoms with E-state index in [1.165, 1.54) is 29.0 Å². The standard InChI is InChI=1S/C17H23N3S/c18-9-11-20(10-8-14-4-2-1-3-5-14)12-16-17(15-6-7-15)19-13-21-16/h1-5,13,15H,6-12,18H2. The molecule has 21 heavy (non-hydrogen) atoms. The fourth-order valence-electron chi connectivity index (χ4n) is 2.67. The predicted molar refractivity (Wildman–Crippen MR) is 88.6 cm³/mol. The Labute approximate surface area is 130 Å². The lowest BCUT2D eigenvalue weighted by molar-refractivity contribution is 0.278. The molecule has 1 aliphatic rings. The van der Waals surface area contributed by atoms with Crippen LogP contribution < -0.4 is 5.73 Å². The van der Waals surface area contributed by atoms with E-state index in [-0.39, 0.29) is 0 Å². The van der Waals surface area contributed by atoms with Crippen molar-refractivity contribution in [1.29, 1.82) is 0 Å². The zero-order chi connectivity index (χ0) is 14.5. The van der Waals surface area contributed by atoms with Gasteiger partial charge in [0.05, 0.1) is 11.2 Å². The largest absolute Gasteiger partial charge is 0.329 e. The SMILES string of the molecule is NCCN(CCc1ccccc1)Cc1scnc1C1CC1. The quantitative estimate of drug-likeness (QED) is 0.815. The summed E-state index contributed by atoms with van der Waals surface area (Å²) in [6.45, 7) is 3.73. The molecule has 0 bridgehead atoms. The minimum atomic E-state index is 0.715. The first-order valence-electron chi connectivity index (χ1n) is 7.75. The highest BCUT2D eigenvalue weighted by Gasteiger charge is 2.28. The van der Waals surface area contributed by atoms with Crippen molar-refractivity contribution >= 4 is 11.3 Å². The fraction of sp³-hybridized carbons (Fsp3) is 0.471. The van der Waals surface area contributed by atoms with Crippen LogP contribution in [-0.2, 0) is 13.0 Å². The van der Waals surface area contributed by atoms with E-state index in [1.807, 2.05) is 5.51 Å². The summed E-state index contributed by atoms with van der Waals surface area (Å²) in [7, 11) is 0. The average molecular weight is 301 g/mol. The minimum Gasteiger partial charge on any atom is -0.329 e. The number of nitrogens with two attached hydrogens (primary N) is 1. The van der Waals surface area contributed by atoms with E-state index in [9.17, 15) is 0 Å². The summed E-state index contributed by atoms with van der Waals surface area (Å²) in [6, 6.07) is 10.7. The highest BCUT2D eigenvalue weighted by atomic mass is 32.1. The highest BCUT2D eigenvalue weighted by molar-refractivity contribution is 7.09. The van der Waals surface area contributed by atoms with E-state index < -0.39 is 0 Å². The van der Waals surface area contributed by atoms with Crippen molar-refractivity contribution in [1.82, 2.24) is 9.88 Å². The molecule has 1 heterocycles. The van der Waals surface area contributed by atoms with Gasteiger partial charge in [-0.2, -0.15) is 0 Å². The van der Waals surface area contributed by atoms with Crippen LogP contribution in [0.4, 0.5) is 0 Å². The summed E-state index contributed by atoms with van der Waals surface area (Å²) in [4.78, 5) is 8.48. The normalized spacial score (nSPS) is 14.8. The Morgan fingerprint density at radius 3 is 2.71 bits per heavy atom. The highest BCUT2D eigenvalue weighted by Crippen LogP contribution is 2.42. The molecule has 2 N–H and O–H groups in total. The molecule has 0 amide bonds. The maximum absolute atomic E-state index is 5.78. The van der Waals surface area contributed by atoms with Gasteiger partial charge in [0.2, 0.25) is 0 Å². The van der Waals surface area contributed by atoms with Crippen LogP contribution in [0.2, 0.25) is 0 Å². The summed E-state index contributed by atoms with van der Waals surface area (Å²) in [6.07, 6.45) is 3.72. The van der Waals surface area contributed by atoms with Crippen molar-refractivity contribution in [2.75, 3.05) is 19.6 Å². The topological polar surface area (TPSA) is 42.1 Å². The molecule has 1 aliphatic carbocycles. The van der Waals surface area contributed by atoms with Crippen LogP contribution in [0.5, 0.6) is 0 Å². The van der Waals surface area contributed by atoms with Crippen molar-refractivity contribution in [2.24, 2.45) is 5.73 Å². The Hall–Kier alpha value is -1.23. The van der Waals surface area contributed by atoms with Crippen LogP contribution in [0, 0.1) is 0 Å². The maximum atomic E-state index is 5.78. The molecule has 2 aromatic rings. The minimum absolute atomic E-state index is 0.715. The molecule has 0 aliphatic heterocycles. The number of hydrogen-bond acceptors (Lipinski definition) is 4. The molecular weight excluding hydrogens is 278 g/mol. The first kappa shape index (κ1) is 14.7. The number of aromatic nitrogens is 1. The number of rotatable bonds is 8. The third-order valence-corrected chi connectivity index (χ3v) is 4.84. The lowest BCUT2D eigenvalue weighted by atomic mass is 10.1. The number of hydrogen-bond donors (Lipinski definition) is 1. The van der Waals surface area contributed by atoms with E-state index in [4.69, 9.17) is 5.73 Å². The molecule has 1 saturated carbocycles. The Morgan fingerprint density at radius 1 is 1.19 bits per heavy atom. The van der Waals surface area contributed by atoms with Gasteiger partial charge in [0.15, 0.2) is 0 Å². The summed E-state index contributed by atoms with van der Waals surface area (Å²) in [5.74, 6) is 0.736. The molecule has 1 aromatic carbocycles. The maximum Gasteiger partial charge on any atom is 0.0798 e. The van der Waals surface area contributed by atoms with Crippen LogP contribution >= 0.6 is 11.3 Å². The van der Waals surface area contributed by atoms with Crippen molar-refractivity contribution in [3.63, 3.8) is 0 Å². The zero-order valence-electron chi connectivity index (χ0n) is 12.4. The van der Waals surface area contributed by atoms with E-state index in [1.54, 1.807) is 11.3 Å².